The molecular weight excluding hydrogens is 346 g/mol. The van der Waals surface area contributed by atoms with E-state index < -0.39 is 0 Å². The van der Waals surface area contributed by atoms with Gasteiger partial charge in [-0.1, -0.05) is 12.1 Å². The zero-order chi connectivity index (χ0) is 16.1. The van der Waals surface area contributed by atoms with E-state index in [1.807, 2.05) is 36.1 Å². The van der Waals surface area contributed by atoms with Crippen molar-refractivity contribution in [2.75, 3.05) is 32.0 Å². The molecule has 1 heterocycles. The Hall–Kier alpha value is -1.40. The third-order valence-corrected chi connectivity index (χ3v) is 4.67. The molecule has 0 saturated carbocycles. The first-order chi connectivity index (χ1) is 10.5. The van der Waals surface area contributed by atoms with E-state index in [-0.39, 0.29) is 24.4 Å². The number of hydrogen-bond donors (Lipinski definition) is 1. The predicted octanol–water partition coefficient (Wildman–Crippen LogP) is 2.33. The van der Waals surface area contributed by atoms with E-state index in [1.54, 1.807) is 11.9 Å². The second kappa shape index (κ2) is 7.74. The Morgan fingerprint density at radius 3 is 2.59 bits per heavy atom. The summed E-state index contributed by atoms with van der Waals surface area (Å²) in [5, 5.41) is 2.85. The van der Waals surface area contributed by atoms with Crippen LogP contribution >= 0.6 is 15.9 Å². The van der Waals surface area contributed by atoms with Crippen LogP contribution in [0.1, 0.15) is 19.8 Å². The molecular formula is C16H22BrN3O2. The summed E-state index contributed by atoms with van der Waals surface area (Å²) in [6.07, 6.45) is 2.15. The zero-order valence-corrected chi connectivity index (χ0v) is 14.6. The van der Waals surface area contributed by atoms with E-state index >= 15 is 0 Å². The highest BCUT2D eigenvalue weighted by Gasteiger charge is 2.26. The Balaban J connectivity index is 1.87. The Kier molecular flexibility index (Phi) is 5.97. The van der Waals surface area contributed by atoms with Crippen molar-refractivity contribution < 1.29 is 9.59 Å². The zero-order valence-electron chi connectivity index (χ0n) is 13.0. The average Bonchev–Trinajstić information content (AvgIpc) is 3.02. The SMILES string of the molecule is C[C@H](C(=O)N1CCCC1)N(C)CC(=O)Nc1ccccc1Br. The average molecular weight is 368 g/mol. The van der Waals surface area contributed by atoms with Gasteiger partial charge in [-0.3, -0.25) is 14.5 Å². The van der Waals surface area contributed by atoms with Crippen molar-refractivity contribution >= 4 is 33.4 Å². The maximum absolute atomic E-state index is 12.3. The topological polar surface area (TPSA) is 52.7 Å². The summed E-state index contributed by atoms with van der Waals surface area (Å²) in [6, 6.07) is 7.18. The fourth-order valence-electron chi connectivity index (χ4n) is 2.51. The summed E-state index contributed by atoms with van der Waals surface area (Å²) in [5.41, 5.74) is 0.736. The molecule has 6 heteroatoms. The summed E-state index contributed by atoms with van der Waals surface area (Å²) in [4.78, 5) is 28.1. The standard InChI is InChI=1S/C16H22BrN3O2/c1-12(16(22)20-9-5-6-10-20)19(2)11-15(21)18-14-8-4-3-7-13(14)17/h3-4,7-8,12H,5-6,9-11H2,1-2H3,(H,18,21)/t12-/m1/s1. The quantitative estimate of drug-likeness (QED) is 0.868. The molecule has 1 aromatic rings. The van der Waals surface area contributed by atoms with E-state index in [4.69, 9.17) is 0 Å². The van der Waals surface area contributed by atoms with E-state index in [9.17, 15) is 9.59 Å². The first-order valence-corrected chi connectivity index (χ1v) is 8.31. The highest BCUT2D eigenvalue weighted by Crippen LogP contribution is 2.21. The minimum absolute atomic E-state index is 0.105. The van der Waals surface area contributed by atoms with Crippen LogP contribution in [-0.4, -0.2) is 54.3 Å². The van der Waals surface area contributed by atoms with Gasteiger partial charge < -0.3 is 10.2 Å². The van der Waals surface area contributed by atoms with Crippen LogP contribution < -0.4 is 5.32 Å². The van der Waals surface area contributed by atoms with E-state index in [1.165, 1.54) is 0 Å². The van der Waals surface area contributed by atoms with Crippen molar-refractivity contribution in [1.82, 2.24) is 9.80 Å². The van der Waals surface area contributed by atoms with Gasteiger partial charge in [-0.05, 0) is 54.9 Å². The number of hydrogen-bond acceptors (Lipinski definition) is 3. The van der Waals surface area contributed by atoms with Gasteiger partial charge in [0.1, 0.15) is 0 Å². The van der Waals surface area contributed by atoms with Crippen LogP contribution in [0, 0.1) is 0 Å². The van der Waals surface area contributed by atoms with Crippen LogP contribution in [-0.2, 0) is 9.59 Å². The molecule has 1 atom stereocenters. The van der Waals surface area contributed by atoms with Gasteiger partial charge in [0.05, 0.1) is 18.3 Å². The van der Waals surface area contributed by atoms with Crippen molar-refractivity contribution in [1.29, 1.82) is 0 Å². The lowest BCUT2D eigenvalue weighted by Gasteiger charge is -2.27. The van der Waals surface area contributed by atoms with Crippen molar-refractivity contribution in [3.63, 3.8) is 0 Å². The number of likely N-dealkylation sites (N-methyl/N-ethyl adjacent to an activating group) is 1. The molecule has 1 aliphatic heterocycles. The monoisotopic (exact) mass is 367 g/mol. The number of amides is 2. The lowest BCUT2D eigenvalue weighted by molar-refractivity contribution is -0.135. The summed E-state index contributed by atoms with van der Waals surface area (Å²) >= 11 is 3.40. The smallest absolute Gasteiger partial charge is 0.239 e. The minimum atomic E-state index is -0.289. The highest BCUT2D eigenvalue weighted by molar-refractivity contribution is 9.10. The fourth-order valence-corrected chi connectivity index (χ4v) is 2.89. The van der Waals surface area contributed by atoms with Crippen molar-refractivity contribution in [2.45, 2.75) is 25.8 Å². The van der Waals surface area contributed by atoms with Crippen LogP contribution in [0.4, 0.5) is 5.69 Å². The number of halogens is 1. The summed E-state index contributed by atoms with van der Waals surface area (Å²) < 4.78 is 0.840. The summed E-state index contributed by atoms with van der Waals surface area (Å²) in [5.74, 6) is -0.0239. The van der Waals surface area contributed by atoms with Crippen LogP contribution in [0.3, 0.4) is 0 Å². The molecule has 1 aromatic carbocycles. The maximum atomic E-state index is 12.3. The van der Waals surface area contributed by atoms with Gasteiger partial charge >= 0.3 is 0 Å². The third kappa shape index (κ3) is 4.30. The number of para-hydroxylation sites is 1. The van der Waals surface area contributed by atoms with Crippen LogP contribution in [0.15, 0.2) is 28.7 Å². The molecule has 2 rings (SSSR count). The second-order valence-electron chi connectivity index (χ2n) is 5.65. The molecule has 120 valence electrons. The number of likely N-dealkylation sites (tertiary alicyclic amines) is 1. The minimum Gasteiger partial charge on any atom is -0.341 e. The molecule has 1 saturated heterocycles. The van der Waals surface area contributed by atoms with Crippen LogP contribution in [0.5, 0.6) is 0 Å². The van der Waals surface area contributed by atoms with Crippen LogP contribution in [0.25, 0.3) is 0 Å². The molecule has 0 radical (unpaired) electrons. The van der Waals surface area contributed by atoms with Gasteiger partial charge in [0.15, 0.2) is 0 Å². The number of carbonyl (C=O) groups excluding carboxylic acids is 2. The number of anilines is 1. The number of carbonyl (C=O) groups is 2. The predicted molar refractivity (Wildman–Crippen MR) is 90.7 cm³/mol. The van der Waals surface area contributed by atoms with Gasteiger partial charge in [-0.2, -0.15) is 0 Å². The fraction of sp³-hybridized carbons (Fsp3) is 0.500. The molecule has 2 amide bonds. The summed E-state index contributed by atoms with van der Waals surface area (Å²) in [6.45, 7) is 3.70. The van der Waals surface area contributed by atoms with E-state index in [2.05, 4.69) is 21.2 Å². The first kappa shape index (κ1) is 17.0. The highest BCUT2D eigenvalue weighted by atomic mass is 79.9. The molecule has 1 N–H and O–H groups in total. The normalized spacial score (nSPS) is 15.9. The molecule has 0 aromatic heterocycles. The Bertz CT molecular complexity index is 544. The van der Waals surface area contributed by atoms with E-state index in [0.29, 0.717) is 0 Å². The first-order valence-electron chi connectivity index (χ1n) is 7.52. The van der Waals surface area contributed by atoms with Gasteiger partial charge in [-0.15, -0.1) is 0 Å². The molecule has 0 unspecified atom stereocenters. The Morgan fingerprint density at radius 2 is 1.95 bits per heavy atom. The Labute approximate surface area is 139 Å². The second-order valence-corrected chi connectivity index (χ2v) is 6.51. The molecule has 1 fully saturated rings. The maximum Gasteiger partial charge on any atom is 0.239 e. The van der Waals surface area contributed by atoms with E-state index in [0.717, 1.165) is 36.1 Å². The molecule has 0 spiro atoms. The van der Waals surface area contributed by atoms with Crippen molar-refractivity contribution in [3.05, 3.63) is 28.7 Å². The van der Waals surface area contributed by atoms with Crippen LogP contribution in [0.2, 0.25) is 0 Å². The number of nitrogens with zero attached hydrogens (tertiary/aromatic N) is 2. The lowest BCUT2D eigenvalue weighted by atomic mass is 10.2. The molecule has 0 bridgehead atoms. The number of rotatable bonds is 5. The summed E-state index contributed by atoms with van der Waals surface area (Å²) in [7, 11) is 1.80. The Morgan fingerprint density at radius 1 is 1.32 bits per heavy atom. The van der Waals surface area contributed by atoms with Gasteiger partial charge in [0.2, 0.25) is 11.8 Å². The number of nitrogens with one attached hydrogen (secondary N) is 1. The van der Waals surface area contributed by atoms with Gasteiger partial charge in [0, 0.05) is 17.6 Å². The van der Waals surface area contributed by atoms with Gasteiger partial charge in [0.25, 0.3) is 0 Å². The van der Waals surface area contributed by atoms with Crippen molar-refractivity contribution in [3.8, 4) is 0 Å². The largest absolute Gasteiger partial charge is 0.341 e. The molecule has 22 heavy (non-hydrogen) atoms. The van der Waals surface area contributed by atoms with Crippen molar-refractivity contribution in [2.24, 2.45) is 0 Å². The molecule has 0 aliphatic carbocycles. The molecule has 1 aliphatic rings. The third-order valence-electron chi connectivity index (χ3n) is 3.98. The molecule has 5 nitrogen and oxygen atoms in total. The number of benzene rings is 1. The van der Waals surface area contributed by atoms with Gasteiger partial charge in [-0.25, -0.2) is 0 Å². The lowest BCUT2D eigenvalue weighted by Crippen LogP contribution is -2.46.